The number of carbonyl (C=O) groups excluding carboxylic acids is 5. The number of benzene rings is 2. The summed E-state index contributed by atoms with van der Waals surface area (Å²) < 4.78 is 16.3. The van der Waals surface area contributed by atoms with Gasteiger partial charge in [-0.15, -0.1) is 0 Å². The standard InChI is InChI=1S/C34H39NO8/c1-4-7-8-9-12-23-41-26-17-15-25(16-18-26)29(36)24-34(32(39)42-21-5-2,33(40)43-22-6-3)19-20-35-30(37)27-13-10-11-14-28(27)31(35)38/h5-6,10-11,13-18H,2-4,7-9,12,19-24H2,1H3. The number of ether oxygens (including phenoxy) is 3. The molecule has 0 unspecified atom stereocenters. The number of imide groups is 1. The summed E-state index contributed by atoms with van der Waals surface area (Å²) in [6.45, 7) is 9.02. The predicted octanol–water partition coefficient (Wildman–Crippen LogP) is 5.74. The molecule has 3 rings (SSSR count). The number of unbranched alkanes of at least 4 members (excludes halogenated alkanes) is 4. The molecule has 0 radical (unpaired) electrons. The van der Waals surface area contributed by atoms with Gasteiger partial charge in [0.1, 0.15) is 19.0 Å². The third-order valence-electron chi connectivity index (χ3n) is 7.24. The number of rotatable bonds is 19. The molecule has 9 nitrogen and oxygen atoms in total. The fourth-order valence-electron chi connectivity index (χ4n) is 4.82. The summed E-state index contributed by atoms with van der Waals surface area (Å²) in [5.41, 5.74) is -1.46. The van der Waals surface area contributed by atoms with E-state index in [1.807, 2.05) is 0 Å². The normalized spacial score (nSPS) is 12.4. The molecule has 0 saturated carbocycles. The summed E-state index contributed by atoms with van der Waals surface area (Å²) in [4.78, 5) is 67.5. The summed E-state index contributed by atoms with van der Waals surface area (Å²) in [5, 5.41) is 0. The number of amides is 2. The molecule has 228 valence electrons. The van der Waals surface area contributed by atoms with Crippen LogP contribution in [0.1, 0.15) is 82.9 Å². The van der Waals surface area contributed by atoms with Gasteiger partial charge in [0.05, 0.1) is 17.7 Å². The highest BCUT2D eigenvalue weighted by Gasteiger charge is 2.51. The Morgan fingerprint density at radius 3 is 1.91 bits per heavy atom. The quantitative estimate of drug-likeness (QED) is 0.0509. The lowest BCUT2D eigenvalue weighted by atomic mass is 9.78. The van der Waals surface area contributed by atoms with Crippen LogP contribution in [0, 0.1) is 5.41 Å². The largest absolute Gasteiger partial charge is 0.494 e. The Morgan fingerprint density at radius 1 is 0.814 bits per heavy atom. The number of carbonyl (C=O) groups is 5. The second-order valence-electron chi connectivity index (χ2n) is 10.3. The molecule has 0 aromatic heterocycles. The third-order valence-corrected chi connectivity index (χ3v) is 7.24. The van der Waals surface area contributed by atoms with E-state index < -0.39 is 47.8 Å². The molecule has 0 aliphatic carbocycles. The van der Waals surface area contributed by atoms with Crippen molar-refractivity contribution in [2.45, 2.75) is 51.9 Å². The highest BCUT2D eigenvalue weighted by atomic mass is 16.6. The van der Waals surface area contributed by atoms with E-state index in [1.165, 1.54) is 37.1 Å². The maximum atomic E-state index is 13.5. The van der Waals surface area contributed by atoms with E-state index in [0.29, 0.717) is 12.4 Å². The predicted molar refractivity (Wildman–Crippen MR) is 161 cm³/mol. The summed E-state index contributed by atoms with van der Waals surface area (Å²) >= 11 is 0. The number of Topliss-reactive ketones (excluding diaryl/α,β-unsaturated/α-hetero) is 1. The first-order chi connectivity index (χ1) is 20.8. The van der Waals surface area contributed by atoms with Crippen molar-refractivity contribution in [2.75, 3.05) is 26.4 Å². The summed E-state index contributed by atoms with van der Waals surface area (Å²) in [6, 6.07) is 12.8. The molecule has 0 spiro atoms. The van der Waals surface area contributed by atoms with Gasteiger partial charge in [0.25, 0.3) is 11.8 Å². The van der Waals surface area contributed by atoms with Crippen molar-refractivity contribution in [1.29, 1.82) is 0 Å². The maximum Gasteiger partial charge on any atom is 0.324 e. The van der Waals surface area contributed by atoms with Crippen molar-refractivity contribution in [1.82, 2.24) is 4.90 Å². The van der Waals surface area contributed by atoms with Gasteiger partial charge < -0.3 is 14.2 Å². The number of hydrogen-bond donors (Lipinski definition) is 0. The second-order valence-corrected chi connectivity index (χ2v) is 10.3. The van der Waals surface area contributed by atoms with Gasteiger partial charge in [-0.2, -0.15) is 0 Å². The molecular formula is C34H39NO8. The first-order valence-corrected chi connectivity index (χ1v) is 14.6. The lowest BCUT2D eigenvalue weighted by Gasteiger charge is -2.30. The zero-order valence-electron chi connectivity index (χ0n) is 24.7. The van der Waals surface area contributed by atoms with E-state index in [0.717, 1.165) is 24.2 Å². The van der Waals surface area contributed by atoms with E-state index in [4.69, 9.17) is 14.2 Å². The lowest BCUT2D eigenvalue weighted by Crippen LogP contribution is -2.47. The number of nitrogens with zero attached hydrogens (tertiary/aromatic N) is 1. The smallest absolute Gasteiger partial charge is 0.324 e. The van der Waals surface area contributed by atoms with Crippen LogP contribution in [0.25, 0.3) is 0 Å². The van der Waals surface area contributed by atoms with Crippen molar-refractivity contribution >= 4 is 29.5 Å². The van der Waals surface area contributed by atoms with E-state index in [9.17, 15) is 24.0 Å². The van der Waals surface area contributed by atoms with Crippen molar-refractivity contribution in [3.63, 3.8) is 0 Å². The van der Waals surface area contributed by atoms with Crippen molar-refractivity contribution in [3.05, 3.63) is 90.5 Å². The Balaban J connectivity index is 1.82. The van der Waals surface area contributed by atoms with Gasteiger partial charge in [0, 0.05) is 18.5 Å². The first-order valence-electron chi connectivity index (χ1n) is 14.6. The minimum atomic E-state index is -2.15. The first kappa shape index (κ1) is 33.0. The summed E-state index contributed by atoms with van der Waals surface area (Å²) in [5.74, 6) is -3.08. The topological polar surface area (TPSA) is 116 Å². The van der Waals surface area contributed by atoms with Crippen molar-refractivity contribution in [2.24, 2.45) is 5.41 Å². The molecule has 1 heterocycles. The van der Waals surface area contributed by atoms with Crippen molar-refractivity contribution in [3.8, 4) is 5.75 Å². The molecule has 1 aliphatic heterocycles. The maximum absolute atomic E-state index is 13.5. The van der Waals surface area contributed by atoms with Crippen LogP contribution in [0.5, 0.6) is 5.75 Å². The number of fused-ring (bicyclic) bond motifs is 1. The van der Waals surface area contributed by atoms with Gasteiger partial charge in [0.2, 0.25) is 0 Å². The Hall–Kier alpha value is -4.53. The van der Waals surface area contributed by atoms with Crippen LogP contribution in [-0.2, 0) is 19.1 Å². The Morgan fingerprint density at radius 2 is 1.37 bits per heavy atom. The van der Waals surface area contributed by atoms with Crippen LogP contribution in [-0.4, -0.2) is 60.8 Å². The van der Waals surface area contributed by atoms with Crippen LogP contribution >= 0.6 is 0 Å². The fourth-order valence-corrected chi connectivity index (χ4v) is 4.82. The van der Waals surface area contributed by atoms with Crippen LogP contribution in [0.15, 0.2) is 73.8 Å². The molecular weight excluding hydrogens is 550 g/mol. The number of hydrogen-bond acceptors (Lipinski definition) is 8. The summed E-state index contributed by atoms with van der Waals surface area (Å²) in [6.07, 6.45) is 7.17. The fraction of sp³-hybridized carbons (Fsp3) is 0.382. The molecule has 0 bridgehead atoms. The minimum Gasteiger partial charge on any atom is -0.494 e. The Kier molecular flexibility index (Phi) is 12.4. The van der Waals surface area contributed by atoms with E-state index in [-0.39, 0.29) is 36.4 Å². The molecule has 43 heavy (non-hydrogen) atoms. The van der Waals surface area contributed by atoms with Crippen LogP contribution in [0.4, 0.5) is 0 Å². The molecule has 0 N–H and O–H groups in total. The molecule has 2 aromatic carbocycles. The van der Waals surface area contributed by atoms with Gasteiger partial charge in [-0.3, -0.25) is 28.9 Å². The highest BCUT2D eigenvalue weighted by molar-refractivity contribution is 6.21. The zero-order valence-corrected chi connectivity index (χ0v) is 24.7. The van der Waals surface area contributed by atoms with Crippen LogP contribution in [0.2, 0.25) is 0 Å². The van der Waals surface area contributed by atoms with E-state index in [2.05, 4.69) is 20.1 Å². The second kappa shape index (κ2) is 16.2. The third kappa shape index (κ3) is 8.28. The monoisotopic (exact) mass is 589 g/mol. The molecule has 0 atom stereocenters. The SMILES string of the molecule is C=CCOC(=O)C(CCN1C(=O)c2ccccc2C1=O)(CC(=O)c1ccc(OCCCCCCC)cc1)C(=O)OCC=C. The average Bonchev–Trinajstić information content (AvgIpc) is 3.27. The Labute approximate surface area is 252 Å². The van der Waals surface area contributed by atoms with E-state index in [1.54, 1.807) is 36.4 Å². The molecule has 0 fully saturated rings. The van der Waals surface area contributed by atoms with Gasteiger partial charge in [0.15, 0.2) is 11.2 Å². The van der Waals surface area contributed by atoms with Crippen LogP contribution < -0.4 is 4.74 Å². The number of ketones is 1. The van der Waals surface area contributed by atoms with E-state index >= 15 is 0 Å². The zero-order chi connectivity index (χ0) is 31.2. The lowest BCUT2D eigenvalue weighted by molar-refractivity contribution is -0.172. The molecule has 9 heteroatoms. The summed E-state index contributed by atoms with van der Waals surface area (Å²) in [7, 11) is 0. The van der Waals surface area contributed by atoms with Crippen molar-refractivity contribution < 1.29 is 38.2 Å². The Bertz CT molecular complexity index is 1270. The van der Waals surface area contributed by atoms with Gasteiger partial charge in [-0.05, 0) is 49.2 Å². The van der Waals surface area contributed by atoms with Crippen LogP contribution in [0.3, 0.4) is 0 Å². The molecule has 1 aliphatic rings. The highest BCUT2D eigenvalue weighted by Crippen LogP contribution is 2.35. The van der Waals surface area contributed by atoms with Gasteiger partial charge >= 0.3 is 11.9 Å². The molecule has 2 amide bonds. The minimum absolute atomic E-state index is 0.221. The average molecular weight is 590 g/mol. The molecule has 2 aromatic rings. The van der Waals surface area contributed by atoms with Gasteiger partial charge in [-0.1, -0.05) is 70.0 Å². The van der Waals surface area contributed by atoms with Gasteiger partial charge in [-0.25, -0.2) is 0 Å². The number of esters is 2. The molecule has 0 saturated heterocycles.